The quantitative estimate of drug-likeness (QED) is 0.265. The maximum Gasteiger partial charge on any atom is 0.269 e. The summed E-state index contributed by atoms with van der Waals surface area (Å²) in [4.78, 5) is 27.3. The number of aromatic nitrogens is 1. The number of carbonyl (C=O) groups excluding carboxylic acids is 1. The smallest absolute Gasteiger partial charge is 0.269 e. The van der Waals surface area contributed by atoms with E-state index >= 15 is 0 Å². The van der Waals surface area contributed by atoms with Crippen LogP contribution >= 0.6 is 0 Å². The standard InChI is InChI=1S/C27H27N3O3/c1-2-20-10-7-13-23-25(18-29-27(20)23)24(21-11-6-12-22(16-21)30(32)33)17-26(31)28-15-14-19-8-4-3-5-9-19/h3-13,16,18,24,29H,2,14-15,17H2,1H3,(H,28,31)/t24-/m1/s1. The van der Waals surface area contributed by atoms with Gasteiger partial charge in [0.1, 0.15) is 0 Å². The van der Waals surface area contributed by atoms with E-state index in [4.69, 9.17) is 0 Å². The fourth-order valence-corrected chi connectivity index (χ4v) is 4.33. The number of non-ortho nitro benzene ring substituents is 1. The molecule has 1 aromatic heterocycles. The number of amides is 1. The number of hydrogen-bond donors (Lipinski definition) is 2. The van der Waals surface area contributed by atoms with Crippen LogP contribution in [0, 0.1) is 10.1 Å². The van der Waals surface area contributed by atoms with Crippen molar-refractivity contribution in [1.29, 1.82) is 0 Å². The van der Waals surface area contributed by atoms with E-state index in [9.17, 15) is 14.9 Å². The molecule has 1 amide bonds. The van der Waals surface area contributed by atoms with Crippen molar-refractivity contribution in [3.8, 4) is 0 Å². The number of benzene rings is 3. The Bertz CT molecular complexity index is 1260. The van der Waals surface area contributed by atoms with E-state index in [-0.39, 0.29) is 23.9 Å². The second-order valence-corrected chi connectivity index (χ2v) is 8.13. The van der Waals surface area contributed by atoms with Gasteiger partial charge in [-0.05, 0) is 35.1 Å². The molecule has 1 atom stereocenters. The molecular weight excluding hydrogens is 414 g/mol. The largest absolute Gasteiger partial charge is 0.361 e. The summed E-state index contributed by atoms with van der Waals surface area (Å²) in [6.07, 6.45) is 3.78. The highest BCUT2D eigenvalue weighted by atomic mass is 16.6. The zero-order valence-electron chi connectivity index (χ0n) is 18.6. The van der Waals surface area contributed by atoms with Crippen LogP contribution in [0.4, 0.5) is 5.69 Å². The van der Waals surface area contributed by atoms with Crippen molar-refractivity contribution in [2.75, 3.05) is 6.54 Å². The van der Waals surface area contributed by atoms with Crippen LogP contribution in [-0.4, -0.2) is 22.4 Å². The Morgan fingerprint density at radius 1 is 1.06 bits per heavy atom. The van der Waals surface area contributed by atoms with Crippen molar-refractivity contribution in [2.45, 2.75) is 32.1 Å². The van der Waals surface area contributed by atoms with E-state index in [0.717, 1.165) is 40.4 Å². The predicted octanol–water partition coefficient (Wildman–Crippen LogP) is 5.52. The number of nitrogens with one attached hydrogen (secondary N) is 2. The molecule has 0 radical (unpaired) electrons. The molecule has 3 aromatic carbocycles. The van der Waals surface area contributed by atoms with Gasteiger partial charge in [0.25, 0.3) is 5.69 Å². The number of nitro groups is 1. The lowest BCUT2D eigenvalue weighted by Gasteiger charge is -2.17. The Hall–Kier alpha value is -3.93. The Morgan fingerprint density at radius 3 is 2.61 bits per heavy atom. The SMILES string of the molecule is CCc1cccc2c([C@H](CC(=O)NCCc3ccccc3)c3cccc([N+](=O)[O-])c3)c[nH]c12. The first kappa shape index (κ1) is 22.3. The van der Waals surface area contributed by atoms with Crippen molar-refractivity contribution in [2.24, 2.45) is 0 Å². The second-order valence-electron chi connectivity index (χ2n) is 8.13. The molecule has 0 unspecified atom stereocenters. The normalized spacial score (nSPS) is 11.9. The highest BCUT2D eigenvalue weighted by Crippen LogP contribution is 2.35. The summed E-state index contributed by atoms with van der Waals surface area (Å²) in [5.74, 6) is -0.383. The summed E-state index contributed by atoms with van der Waals surface area (Å²) >= 11 is 0. The zero-order chi connectivity index (χ0) is 23.2. The lowest BCUT2D eigenvalue weighted by Crippen LogP contribution is -2.27. The lowest BCUT2D eigenvalue weighted by atomic mass is 9.87. The first-order chi connectivity index (χ1) is 16.1. The molecule has 0 saturated heterocycles. The number of nitro benzene ring substituents is 1. The summed E-state index contributed by atoms with van der Waals surface area (Å²) in [6, 6.07) is 22.7. The molecule has 6 nitrogen and oxygen atoms in total. The van der Waals surface area contributed by atoms with Crippen LogP contribution in [0.5, 0.6) is 0 Å². The van der Waals surface area contributed by atoms with Crippen LogP contribution in [-0.2, 0) is 17.6 Å². The molecule has 4 aromatic rings. The van der Waals surface area contributed by atoms with Crippen molar-refractivity contribution in [3.05, 3.63) is 111 Å². The van der Waals surface area contributed by atoms with E-state index in [1.165, 1.54) is 11.6 Å². The van der Waals surface area contributed by atoms with Gasteiger partial charge in [0.05, 0.1) is 4.92 Å². The van der Waals surface area contributed by atoms with E-state index in [1.54, 1.807) is 12.1 Å². The minimum atomic E-state index is -0.398. The predicted molar refractivity (Wildman–Crippen MR) is 130 cm³/mol. The fraction of sp³-hybridized carbons (Fsp3) is 0.222. The van der Waals surface area contributed by atoms with Crippen LogP contribution in [0.3, 0.4) is 0 Å². The lowest BCUT2D eigenvalue weighted by molar-refractivity contribution is -0.384. The van der Waals surface area contributed by atoms with Crippen LogP contribution in [0.2, 0.25) is 0 Å². The molecule has 4 rings (SSSR count). The third kappa shape index (κ3) is 5.12. The fourth-order valence-electron chi connectivity index (χ4n) is 4.33. The van der Waals surface area contributed by atoms with Gasteiger partial charge in [-0.25, -0.2) is 0 Å². The van der Waals surface area contributed by atoms with E-state index in [2.05, 4.69) is 23.3 Å². The molecule has 0 aliphatic heterocycles. The van der Waals surface area contributed by atoms with Crippen LogP contribution in [0.25, 0.3) is 10.9 Å². The Labute approximate surface area is 192 Å². The van der Waals surface area contributed by atoms with Gasteiger partial charge in [-0.3, -0.25) is 14.9 Å². The summed E-state index contributed by atoms with van der Waals surface area (Å²) in [7, 11) is 0. The molecule has 6 heteroatoms. The summed E-state index contributed by atoms with van der Waals surface area (Å²) in [5, 5.41) is 15.4. The van der Waals surface area contributed by atoms with Gasteiger partial charge in [0.2, 0.25) is 5.91 Å². The number of aromatic amines is 1. The van der Waals surface area contributed by atoms with Crippen molar-refractivity contribution in [1.82, 2.24) is 10.3 Å². The molecule has 0 bridgehead atoms. The van der Waals surface area contributed by atoms with Gasteiger partial charge < -0.3 is 10.3 Å². The Kier molecular flexibility index (Phi) is 6.83. The molecule has 168 valence electrons. The van der Waals surface area contributed by atoms with Gasteiger partial charge in [-0.2, -0.15) is 0 Å². The minimum absolute atomic E-state index is 0.0241. The topological polar surface area (TPSA) is 88.0 Å². The highest BCUT2D eigenvalue weighted by Gasteiger charge is 2.23. The first-order valence-electron chi connectivity index (χ1n) is 11.2. The maximum atomic E-state index is 12.9. The number of fused-ring (bicyclic) bond motifs is 1. The number of hydrogen-bond acceptors (Lipinski definition) is 3. The molecule has 1 heterocycles. The number of para-hydroxylation sites is 1. The molecule has 0 spiro atoms. The Balaban J connectivity index is 1.62. The summed E-state index contributed by atoms with van der Waals surface area (Å²) in [6.45, 7) is 2.64. The van der Waals surface area contributed by atoms with Gasteiger partial charge in [0, 0.05) is 48.1 Å². The molecule has 0 aliphatic rings. The van der Waals surface area contributed by atoms with Gasteiger partial charge in [-0.1, -0.05) is 67.6 Å². The van der Waals surface area contributed by atoms with Gasteiger partial charge in [0.15, 0.2) is 0 Å². The van der Waals surface area contributed by atoms with Crippen molar-refractivity contribution < 1.29 is 9.72 Å². The number of carbonyl (C=O) groups is 1. The number of H-pyrrole nitrogens is 1. The summed E-state index contributed by atoms with van der Waals surface area (Å²) < 4.78 is 0. The van der Waals surface area contributed by atoms with E-state index in [0.29, 0.717) is 6.54 Å². The maximum absolute atomic E-state index is 12.9. The average Bonchev–Trinajstić information content (AvgIpc) is 3.27. The molecule has 33 heavy (non-hydrogen) atoms. The van der Waals surface area contributed by atoms with Gasteiger partial charge >= 0.3 is 0 Å². The zero-order valence-corrected chi connectivity index (χ0v) is 18.6. The van der Waals surface area contributed by atoms with Crippen molar-refractivity contribution >= 4 is 22.5 Å². The van der Waals surface area contributed by atoms with Crippen molar-refractivity contribution in [3.63, 3.8) is 0 Å². The third-order valence-corrected chi connectivity index (χ3v) is 6.04. The minimum Gasteiger partial charge on any atom is -0.361 e. The summed E-state index contributed by atoms with van der Waals surface area (Å²) in [5.41, 5.74) is 5.16. The molecular formula is C27H27N3O3. The van der Waals surface area contributed by atoms with E-state index < -0.39 is 4.92 Å². The molecule has 0 aliphatic carbocycles. The monoisotopic (exact) mass is 441 g/mol. The first-order valence-corrected chi connectivity index (χ1v) is 11.2. The highest BCUT2D eigenvalue weighted by molar-refractivity contribution is 5.88. The number of rotatable bonds is 9. The second kappa shape index (κ2) is 10.1. The number of aryl methyl sites for hydroxylation is 1. The molecule has 0 fully saturated rings. The third-order valence-electron chi connectivity index (χ3n) is 6.04. The molecule has 2 N–H and O–H groups in total. The van der Waals surface area contributed by atoms with Gasteiger partial charge in [-0.15, -0.1) is 0 Å². The average molecular weight is 442 g/mol. The Morgan fingerprint density at radius 2 is 1.85 bits per heavy atom. The number of nitrogens with zero attached hydrogens (tertiary/aromatic N) is 1. The van der Waals surface area contributed by atoms with Crippen LogP contribution in [0.1, 0.15) is 41.5 Å². The van der Waals surface area contributed by atoms with E-state index in [1.807, 2.05) is 54.7 Å². The van der Waals surface area contributed by atoms with Crippen LogP contribution in [0.15, 0.2) is 79.0 Å². The molecule has 0 saturated carbocycles. The van der Waals surface area contributed by atoms with Crippen LogP contribution < -0.4 is 5.32 Å².